The third kappa shape index (κ3) is 3.98. The standard InChI is InChI=1S/C26H26N2O2S/c1-5-9-22-27-25-24(23(18(4)31-25)19-10-7-6-8-11-19)26(30)28(22)15-21(29)20-13-12-16(2)17(3)14-20/h6-8,10-14H,5,9,15H2,1-4H3. The molecule has 158 valence electrons. The Morgan fingerprint density at radius 3 is 2.45 bits per heavy atom. The Morgan fingerprint density at radius 2 is 1.77 bits per heavy atom. The number of aromatic nitrogens is 2. The van der Waals surface area contributed by atoms with Crippen LogP contribution in [-0.4, -0.2) is 15.3 Å². The number of benzene rings is 2. The summed E-state index contributed by atoms with van der Waals surface area (Å²) in [5, 5.41) is 0.612. The molecule has 0 bridgehead atoms. The maximum Gasteiger partial charge on any atom is 0.263 e. The molecule has 0 aliphatic carbocycles. The highest BCUT2D eigenvalue weighted by Crippen LogP contribution is 2.35. The molecule has 0 saturated carbocycles. The summed E-state index contributed by atoms with van der Waals surface area (Å²) in [5.74, 6) is 0.606. The van der Waals surface area contributed by atoms with Gasteiger partial charge in [0.1, 0.15) is 10.7 Å². The fraction of sp³-hybridized carbons (Fsp3) is 0.269. The lowest BCUT2D eigenvalue weighted by Crippen LogP contribution is -2.28. The molecule has 0 aliphatic heterocycles. The SMILES string of the molecule is CCCc1nc2sc(C)c(-c3ccccc3)c2c(=O)n1CC(=O)c1ccc(C)c(C)c1. The summed E-state index contributed by atoms with van der Waals surface area (Å²) < 4.78 is 1.59. The average Bonchev–Trinajstić information content (AvgIpc) is 3.09. The number of Topliss-reactive ketones (excluding diaryl/α,β-unsaturated/α-hetero) is 1. The van der Waals surface area contributed by atoms with Gasteiger partial charge in [-0.05, 0) is 49.9 Å². The van der Waals surface area contributed by atoms with Gasteiger partial charge in [0.2, 0.25) is 0 Å². The summed E-state index contributed by atoms with van der Waals surface area (Å²) in [7, 11) is 0. The van der Waals surface area contributed by atoms with Gasteiger partial charge in [-0.25, -0.2) is 4.98 Å². The average molecular weight is 431 g/mol. The first-order chi connectivity index (χ1) is 14.9. The van der Waals surface area contributed by atoms with Gasteiger partial charge in [-0.2, -0.15) is 0 Å². The zero-order valence-electron chi connectivity index (χ0n) is 18.4. The summed E-state index contributed by atoms with van der Waals surface area (Å²) in [5.41, 5.74) is 4.63. The molecule has 2 aromatic heterocycles. The monoisotopic (exact) mass is 430 g/mol. The minimum Gasteiger partial charge on any atom is -0.292 e. The van der Waals surface area contributed by atoms with E-state index < -0.39 is 0 Å². The Labute approximate surface area is 186 Å². The van der Waals surface area contributed by atoms with E-state index in [1.807, 2.05) is 69.3 Å². The van der Waals surface area contributed by atoms with E-state index in [4.69, 9.17) is 4.98 Å². The highest BCUT2D eigenvalue weighted by atomic mass is 32.1. The van der Waals surface area contributed by atoms with Crippen LogP contribution in [0.2, 0.25) is 0 Å². The van der Waals surface area contributed by atoms with E-state index in [2.05, 4.69) is 6.92 Å². The van der Waals surface area contributed by atoms with Crippen LogP contribution in [0, 0.1) is 20.8 Å². The highest BCUT2D eigenvalue weighted by Gasteiger charge is 2.21. The van der Waals surface area contributed by atoms with Crippen LogP contribution in [0.15, 0.2) is 53.3 Å². The van der Waals surface area contributed by atoms with Crippen molar-refractivity contribution in [2.75, 3.05) is 0 Å². The summed E-state index contributed by atoms with van der Waals surface area (Å²) in [6, 6.07) is 15.6. The minimum absolute atomic E-state index is 0.00271. The Bertz CT molecular complexity index is 1330. The maximum absolute atomic E-state index is 13.7. The first kappa shape index (κ1) is 21.2. The molecule has 0 unspecified atom stereocenters. The van der Waals surface area contributed by atoms with Crippen LogP contribution >= 0.6 is 11.3 Å². The van der Waals surface area contributed by atoms with Crippen LogP contribution in [-0.2, 0) is 13.0 Å². The molecule has 4 nitrogen and oxygen atoms in total. The van der Waals surface area contributed by atoms with Crippen molar-refractivity contribution in [1.82, 2.24) is 9.55 Å². The van der Waals surface area contributed by atoms with E-state index in [1.165, 1.54) is 0 Å². The minimum atomic E-state index is -0.131. The number of carbonyl (C=O) groups is 1. The Hall–Kier alpha value is -3.05. The maximum atomic E-state index is 13.7. The molecule has 0 N–H and O–H groups in total. The van der Waals surface area contributed by atoms with Gasteiger partial charge in [0, 0.05) is 22.4 Å². The largest absolute Gasteiger partial charge is 0.292 e. The predicted octanol–water partition coefficient (Wildman–Crippen LogP) is 5.89. The summed E-state index contributed by atoms with van der Waals surface area (Å²) in [6.07, 6.45) is 1.51. The van der Waals surface area contributed by atoms with Crippen LogP contribution in [0.25, 0.3) is 21.3 Å². The van der Waals surface area contributed by atoms with Crippen LogP contribution in [0.5, 0.6) is 0 Å². The zero-order chi connectivity index (χ0) is 22.1. The Kier molecular flexibility index (Phi) is 5.88. The van der Waals surface area contributed by atoms with Crippen LogP contribution in [0.4, 0.5) is 0 Å². The molecule has 2 heterocycles. The second kappa shape index (κ2) is 8.60. The van der Waals surface area contributed by atoms with Gasteiger partial charge in [-0.15, -0.1) is 11.3 Å². The first-order valence-corrected chi connectivity index (χ1v) is 11.4. The number of fused-ring (bicyclic) bond motifs is 1. The van der Waals surface area contributed by atoms with Gasteiger partial charge < -0.3 is 0 Å². The van der Waals surface area contributed by atoms with E-state index in [1.54, 1.807) is 15.9 Å². The van der Waals surface area contributed by atoms with Gasteiger partial charge in [0.05, 0.1) is 11.9 Å². The molecule has 4 rings (SSSR count). The Balaban J connectivity index is 1.88. The Morgan fingerprint density at radius 1 is 1.03 bits per heavy atom. The molecule has 0 radical (unpaired) electrons. The number of hydrogen-bond donors (Lipinski definition) is 0. The molecule has 0 atom stereocenters. The van der Waals surface area contributed by atoms with Gasteiger partial charge in [0.15, 0.2) is 5.78 Å². The van der Waals surface area contributed by atoms with Crippen molar-refractivity contribution in [2.45, 2.75) is 47.1 Å². The van der Waals surface area contributed by atoms with E-state index in [0.717, 1.165) is 38.4 Å². The predicted molar refractivity (Wildman–Crippen MR) is 128 cm³/mol. The molecule has 0 amide bonds. The molecule has 0 fully saturated rings. The number of nitrogens with zero attached hydrogens (tertiary/aromatic N) is 2. The molecule has 2 aromatic carbocycles. The van der Waals surface area contributed by atoms with E-state index >= 15 is 0 Å². The fourth-order valence-corrected chi connectivity index (χ4v) is 4.97. The third-order valence-electron chi connectivity index (χ3n) is 5.73. The van der Waals surface area contributed by atoms with Crippen LogP contribution in [0.3, 0.4) is 0 Å². The van der Waals surface area contributed by atoms with Crippen LogP contribution < -0.4 is 5.56 Å². The van der Waals surface area contributed by atoms with Crippen LogP contribution in [0.1, 0.15) is 45.5 Å². The molecular weight excluding hydrogens is 404 g/mol. The number of aryl methyl sites for hydroxylation is 4. The second-order valence-corrected chi connectivity index (χ2v) is 9.17. The lowest BCUT2D eigenvalue weighted by Gasteiger charge is -2.13. The van der Waals surface area contributed by atoms with Crippen molar-refractivity contribution in [3.8, 4) is 11.1 Å². The summed E-state index contributed by atoms with van der Waals surface area (Å²) in [6.45, 7) is 8.10. The molecular formula is C26H26N2O2S. The first-order valence-electron chi connectivity index (χ1n) is 10.6. The van der Waals surface area contributed by atoms with Crippen molar-refractivity contribution in [2.24, 2.45) is 0 Å². The zero-order valence-corrected chi connectivity index (χ0v) is 19.2. The third-order valence-corrected chi connectivity index (χ3v) is 6.73. The fourth-order valence-electron chi connectivity index (χ4n) is 3.92. The highest BCUT2D eigenvalue weighted by molar-refractivity contribution is 7.19. The molecule has 4 aromatic rings. The van der Waals surface area contributed by atoms with Crippen molar-refractivity contribution >= 4 is 27.3 Å². The lowest BCUT2D eigenvalue weighted by molar-refractivity contribution is 0.0969. The van der Waals surface area contributed by atoms with Gasteiger partial charge >= 0.3 is 0 Å². The normalized spacial score (nSPS) is 11.2. The van der Waals surface area contributed by atoms with Crippen molar-refractivity contribution < 1.29 is 4.79 Å². The van der Waals surface area contributed by atoms with Crippen molar-refractivity contribution in [3.63, 3.8) is 0 Å². The number of rotatable bonds is 6. The lowest BCUT2D eigenvalue weighted by atomic mass is 10.0. The topological polar surface area (TPSA) is 52.0 Å². The second-order valence-electron chi connectivity index (χ2n) is 7.97. The number of hydrogen-bond acceptors (Lipinski definition) is 4. The summed E-state index contributed by atoms with van der Waals surface area (Å²) in [4.78, 5) is 33.4. The molecule has 5 heteroatoms. The van der Waals surface area contributed by atoms with Crippen molar-refractivity contribution in [3.05, 3.63) is 86.3 Å². The summed E-state index contributed by atoms with van der Waals surface area (Å²) >= 11 is 1.55. The van der Waals surface area contributed by atoms with E-state index in [-0.39, 0.29) is 17.9 Å². The molecule has 31 heavy (non-hydrogen) atoms. The number of thiophene rings is 1. The smallest absolute Gasteiger partial charge is 0.263 e. The number of carbonyl (C=O) groups excluding carboxylic acids is 1. The van der Waals surface area contributed by atoms with Gasteiger partial charge in [-0.1, -0.05) is 49.4 Å². The molecule has 0 aliphatic rings. The van der Waals surface area contributed by atoms with Gasteiger partial charge in [-0.3, -0.25) is 14.2 Å². The molecule has 0 saturated heterocycles. The number of ketones is 1. The van der Waals surface area contributed by atoms with Gasteiger partial charge in [0.25, 0.3) is 5.56 Å². The van der Waals surface area contributed by atoms with E-state index in [9.17, 15) is 9.59 Å². The molecule has 0 spiro atoms. The van der Waals surface area contributed by atoms with Crippen molar-refractivity contribution in [1.29, 1.82) is 0 Å². The van der Waals surface area contributed by atoms with E-state index in [0.29, 0.717) is 23.2 Å². The quantitative estimate of drug-likeness (QED) is 0.359.